The summed E-state index contributed by atoms with van der Waals surface area (Å²) in [5.41, 5.74) is -1.31. The number of aromatic amines is 1. The number of alkyl halides is 1. The Morgan fingerprint density at radius 2 is 1.97 bits per heavy atom. The Morgan fingerprint density at radius 1 is 1.20 bits per heavy atom. The molecule has 0 aliphatic carbocycles. The predicted octanol–water partition coefficient (Wildman–Crippen LogP) is 0.886. The molecule has 2 fully saturated rings. The number of para-hydroxylation sites is 1. The lowest BCUT2D eigenvalue weighted by Crippen LogP contribution is -2.43. The van der Waals surface area contributed by atoms with Crippen molar-refractivity contribution in [1.82, 2.24) is 9.55 Å². The number of hydrogen-bond acceptors (Lipinski definition) is 9. The van der Waals surface area contributed by atoms with E-state index in [-0.39, 0.29) is 11.8 Å². The highest BCUT2D eigenvalue weighted by atomic mass is 32.1. The zero-order valence-electron chi connectivity index (χ0n) is 15.2. The van der Waals surface area contributed by atoms with Crippen molar-refractivity contribution in [2.24, 2.45) is 0 Å². The van der Waals surface area contributed by atoms with Gasteiger partial charge in [-0.15, -0.1) is 0 Å². The van der Waals surface area contributed by atoms with Crippen LogP contribution < -0.4 is 16.0 Å². The van der Waals surface area contributed by atoms with E-state index in [9.17, 15) is 14.4 Å². The number of hydrogen-bond donors (Lipinski definition) is 1. The lowest BCUT2D eigenvalue weighted by molar-refractivity contribution is -0.196. The zero-order chi connectivity index (χ0) is 21.3. The van der Waals surface area contributed by atoms with E-state index in [4.69, 9.17) is 35.9 Å². The molecule has 10 nitrogen and oxygen atoms in total. The number of benzene rings is 1. The Hall–Kier alpha value is -3.25. The number of carbonyl (C=O) groups is 1. The fraction of sp³-hybridized carbons (Fsp3) is 0.333. The molecule has 3 heterocycles. The predicted molar refractivity (Wildman–Crippen MR) is 101 cm³/mol. The van der Waals surface area contributed by atoms with Crippen molar-refractivity contribution >= 4 is 23.6 Å². The normalized spacial score (nSPS) is 27.1. The van der Waals surface area contributed by atoms with Gasteiger partial charge in [0.1, 0.15) is 11.9 Å². The average Bonchev–Trinajstić information content (AvgIpc) is 3.21. The lowest BCUT2D eigenvalue weighted by atomic mass is 10.1. The first-order valence-electron chi connectivity index (χ1n) is 8.77. The third-order valence-corrected chi connectivity index (χ3v) is 4.70. The van der Waals surface area contributed by atoms with Gasteiger partial charge in [0.05, 0.1) is 6.54 Å². The Labute approximate surface area is 173 Å². The summed E-state index contributed by atoms with van der Waals surface area (Å²) in [4.78, 5) is 36.7. The van der Waals surface area contributed by atoms with Crippen LogP contribution in [0.1, 0.15) is 0 Å². The van der Waals surface area contributed by atoms with Gasteiger partial charge in [0.15, 0.2) is 12.7 Å². The second-order valence-electron chi connectivity index (χ2n) is 6.53. The van der Waals surface area contributed by atoms with E-state index in [2.05, 4.69) is 4.98 Å². The van der Waals surface area contributed by atoms with E-state index in [1.165, 1.54) is 6.20 Å². The lowest BCUT2D eigenvalue weighted by Gasteiger charge is -2.23. The van der Waals surface area contributed by atoms with E-state index in [0.717, 1.165) is 10.6 Å². The number of carbonyl (C=O) groups excluding carboxylic acids is 1. The Balaban J connectivity index is 1.46. The van der Waals surface area contributed by atoms with Crippen molar-refractivity contribution in [3.63, 3.8) is 0 Å². The molecule has 1 N–H and O–H groups in total. The minimum Gasteiger partial charge on any atom is -0.450 e. The third-order valence-electron chi connectivity index (χ3n) is 4.50. The van der Waals surface area contributed by atoms with E-state index in [1.807, 2.05) is 0 Å². The molecule has 0 amide bonds. The highest BCUT2D eigenvalue weighted by molar-refractivity contribution is 7.79. The van der Waals surface area contributed by atoms with Gasteiger partial charge in [-0.05, 0) is 12.1 Å². The smallest absolute Gasteiger partial charge is 0.450 e. The molecule has 0 radical (unpaired) electrons. The van der Waals surface area contributed by atoms with Crippen molar-refractivity contribution in [3.05, 3.63) is 63.4 Å². The van der Waals surface area contributed by atoms with Crippen LogP contribution >= 0.6 is 12.2 Å². The Kier molecular flexibility index (Phi) is 5.26. The SMILES string of the molecule is O=C1O[C@H]2[C@H](Cn3ccc(=O)[nH]c3=O)O[C@](F)(COC(=S)Oc3ccccc3)[C@H]2O1. The van der Waals surface area contributed by atoms with Crippen molar-refractivity contribution in [3.8, 4) is 5.75 Å². The summed E-state index contributed by atoms with van der Waals surface area (Å²) < 4.78 is 42.3. The fourth-order valence-electron chi connectivity index (χ4n) is 3.17. The monoisotopic (exact) mass is 438 g/mol. The number of thiocarbonyl (C=S) groups is 1. The minimum atomic E-state index is -2.60. The molecule has 0 bridgehead atoms. The van der Waals surface area contributed by atoms with E-state index >= 15 is 4.39 Å². The number of fused-ring (bicyclic) bond motifs is 1. The van der Waals surface area contributed by atoms with E-state index in [1.54, 1.807) is 30.3 Å². The quantitative estimate of drug-likeness (QED) is 0.536. The van der Waals surface area contributed by atoms with Crippen LogP contribution in [0.2, 0.25) is 0 Å². The molecule has 0 saturated carbocycles. The van der Waals surface area contributed by atoms with Crippen molar-refractivity contribution in [2.75, 3.05) is 6.61 Å². The highest BCUT2D eigenvalue weighted by Gasteiger charge is 2.64. The van der Waals surface area contributed by atoms with Gasteiger partial charge in [-0.2, -0.15) is 0 Å². The second kappa shape index (κ2) is 7.88. The third kappa shape index (κ3) is 4.04. The van der Waals surface area contributed by atoms with Gasteiger partial charge in [-0.25, -0.2) is 14.0 Å². The molecule has 2 aliphatic rings. The zero-order valence-corrected chi connectivity index (χ0v) is 16.0. The number of nitrogens with one attached hydrogen (secondary N) is 1. The van der Waals surface area contributed by atoms with Gasteiger partial charge in [0, 0.05) is 24.5 Å². The van der Waals surface area contributed by atoms with Crippen molar-refractivity contribution < 1.29 is 32.9 Å². The molecule has 2 aliphatic heterocycles. The molecule has 2 aromatic rings. The maximum absolute atomic E-state index is 15.5. The number of ether oxygens (including phenoxy) is 5. The Morgan fingerprint density at radius 3 is 2.70 bits per heavy atom. The topological polar surface area (TPSA) is 118 Å². The van der Waals surface area contributed by atoms with Gasteiger partial charge in [-0.3, -0.25) is 14.3 Å². The van der Waals surface area contributed by atoms with E-state index in [0.29, 0.717) is 5.75 Å². The molecule has 12 heteroatoms. The van der Waals surface area contributed by atoms with Crippen LogP contribution in [-0.2, 0) is 25.5 Å². The summed E-state index contributed by atoms with van der Waals surface area (Å²) in [6.07, 6.45) is -3.50. The first-order chi connectivity index (χ1) is 14.3. The van der Waals surface area contributed by atoms with Crippen molar-refractivity contribution in [1.29, 1.82) is 0 Å². The van der Waals surface area contributed by atoms with Crippen LogP contribution in [0.3, 0.4) is 0 Å². The second-order valence-corrected chi connectivity index (χ2v) is 6.86. The summed E-state index contributed by atoms with van der Waals surface area (Å²) in [6.45, 7) is -0.947. The van der Waals surface area contributed by atoms with Crippen LogP contribution in [-0.4, -0.2) is 51.7 Å². The van der Waals surface area contributed by atoms with Crippen LogP contribution in [0.5, 0.6) is 5.75 Å². The van der Waals surface area contributed by atoms with Gasteiger partial charge < -0.3 is 23.7 Å². The molecule has 158 valence electrons. The summed E-state index contributed by atoms with van der Waals surface area (Å²) in [6, 6.07) is 9.61. The summed E-state index contributed by atoms with van der Waals surface area (Å²) >= 11 is 4.94. The van der Waals surface area contributed by atoms with Gasteiger partial charge in [0.2, 0.25) is 6.10 Å². The van der Waals surface area contributed by atoms with Crippen molar-refractivity contribution in [2.45, 2.75) is 30.7 Å². The van der Waals surface area contributed by atoms with Crippen LogP contribution in [0.15, 0.2) is 52.2 Å². The van der Waals surface area contributed by atoms with E-state index < -0.39 is 48.2 Å². The standard InChI is InChI=1S/C18H15FN2O8S/c19-18(9-25-17(30)26-10-4-2-1-3-5-10)14-13(27-16(24)28-14)11(29-18)8-21-7-6-12(22)20-15(21)23/h1-7,11,13-14H,8-9H2,(H,20,22,23)/t11-,13-,14-,18+/m0/s1. The number of H-pyrrole nitrogens is 1. The average molecular weight is 438 g/mol. The molecule has 0 unspecified atom stereocenters. The van der Waals surface area contributed by atoms with Crippen LogP contribution in [0.25, 0.3) is 0 Å². The molecule has 0 spiro atoms. The molecule has 4 atom stereocenters. The maximum Gasteiger partial charge on any atom is 0.509 e. The summed E-state index contributed by atoms with van der Waals surface area (Å²) in [7, 11) is 0. The molecule has 1 aromatic heterocycles. The molecular formula is C18H15FN2O8S. The minimum absolute atomic E-state index is 0.204. The van der Waals surface area contributed by atoms with Gasteiger partial charge in [-0.1, -0.05) is 18.2 Å². The molecule has 30 heavy (non-hydrogen) atoms. The largest absolute Gasteiger partial charge is 0.509 e. The highest BCUT2D eigenvalue weighted by Crippen LogP contribution is 2.41. The number of halogens is 1. The van der Waals surface area contributed by atoms with Gasteiger partial charge >= 0.3 is 17.1 Å². The van der Waals surface area contributed by atoms with Gasteiger partial charge in [0.25, 0.3) is 11.4 Å². The maximum atomic E-state index is 15.5. The molecular weight excluding hydrogens is 423 g/mol. The first-order valence-corrected chi connectivity index (χ1v) is 9.18. The molecule has 2 saturated heterocycles. The van der Waals surface area contributed by atoms with Crippen LogP contribution in [0, 0.1) is 0 Å². The molecule has 4 rings (SSSR count). The first kappa shape index (κ1) is 20.0. The molecule has 1 aromatic carbocycles. The van der Waals surface area contributed by atoms with Crippen LogP contribution in [0.4, 0.5) is 9.18 Å². The summed E-state index contributed by atoms with van der Waals surface area (Å²) in [5.74, 6) is -2.20. The number of rotatable bonds is 5. The number of aromatic nitrogens is 2. The Bertz CT molecular complexity index is 1070. The number of nitrogens with zero attached hydrogens (tertiary/aromatic N) is 1. The fourth-order valence-corrected chi connectivity index (χ4v) is 3.33. The summed E-state index contributed by atoms with van der Waals surface area (Å²) in [5, 5.41) is -0.357.